The summed E-state index contributed by atoms with van der Waals surface area (Å²) in [4.78, 5) is 18.1. The van der Waals surface area contributed by atoms with Crippen LogP contribution in [0.5, 0.6) is 17.4 Å². The molecule has 0 saturated carbocycles. The molecule has 0 aliphatic carbocycles. The number of aromatic nitrogens is 2. The normalized spacial score (nSPS) is 9.83. The molecule has 1 aromatic heterocycles. The van der Waals surface area contributed by atoms with Gasteiger partial charge in [0.25, 0.3) is 0 Å². The number of ether oxygens (including phenoxy) is 2. The van der Waals surface area contributed by atoms with E-state index in [4.69, 9.17) is 14.6 Å². The number of rotatable bonds is 4. The Bertz CT molecular complexity index is 572. The van der Waals surface area contributed by atoms with Gasteiger partial charge in [-0.05, 0) is 12.1 Å². The van der Waals surface area contributed by atoms with Crippen molar-refractivity contribution in [2.24, 2.45) is 0 Å². The predicted octanol–water partition coefficient (Wildman–Crippen LogP) is 1.98. The Hall–Kier alpha value is -2.63. The molecule has 0 bridgehead atoms. The van der Waals surface area contributed by atoms with Crippen LogP contribution in [-0.4, -0.2) is 28.2 Å². The maximum Gasteiger partial charge on any atom is 0.374 e. The van der Waals surface area contributed by atoms with Gasteiger partial charge in [-0.25, -0.2) is 9.78 Å². The molecule has 0 unspecified atom stereocenters. The quantitative estimate of drug-likeness (QED) is 0.888. The van der Waals surface area contributed by atoms with E-state index < -0.39 is 5.97 Å². The van der Waals surface area contributed by atoms with E-state index in [1.165, 1.54) is 12.3 Å². The topological polar surface area (TPSA) is 81.5 Å². The zero-order chi connectivity index (χ0) is 13.0. The second kappa shape index (κ2) is 5.13. The molecule has 0 amide bonds. The van der Waals surface area contributed by atoms with Gasteiger partial charge >= 0.3 is 5.97 Å². The highest BCUT2D eigenvalue weighted by atomic mass is 16.5. The summed E-state index contributed by atoms with van der Waals surface area (Å²) in [6, 6.07) is 8.39. The van der Waals surface area contributed by atoms with Crippen LogP contribution in [0.3, 0.4) is 0 Å². The third kappa shape index (κ3) is 2.73. The number of methoxy groups -OCH3 is 1. The van der Waals surface area contributed by atoms with Crippen molar-refractivity contribution in [3.63, 3.8) is 0 Å². The summed E-state index contributed by atoms with van der Waals surface area (Å²) in [6.45, 7) is 0. The Balaban J connectivity index is 2.22. The second-order valence-electron chi connectivity index (χ2n) is 3.30. The number of carboxylic acid groups (broad SMARTS) is 1. The lowest BCUT2D eigenvalue weighted by molar-refractivity contribution is 0.0682. The van der Waals surface area contributed by atoms with Crippen molar-refractivity contribution in [3.8, 4) is 17.4 Å². The monoisotopic (exact) mass is 246 g/mol. The maximum atomic E-state index is 10.7. The zero-order valence-corrected chi connectivity index (χ0v) is 9.53. The largest absolute Gasteiger partial charge is 0.497 e. The van der Waals surface area contributed by atoms with E-state index in [0.717, 1.165) is 0 Å². The number of aromatic carboxylic acids is 1. The molecule has 2 rings (SSSR count). The minimum Gasteiger partial charge on any atom is -0.497 e. The molecule has 0 saturated heterocycles. The van der Waals surface area contributed by atoms with Crippen LogP contribution in [-0.2, 0) is 0 Å². The van der Waals surface area contributed by atoms with Gasteiger partial charge in [-0.2, -0.15) is 4.98 Å². The van der Waals surface area contributed by atoms with Crippen molar-refractivity contribution < 1.29 is 19.4 Å². The summed E-state index contributed by atoms with van der Waals surface area (Å²) in [5.74, 6) is -0.207. The number of carboxylic acids is 1. The van der Waals surface area contributed by atoms with Gasteiger partial charge in [0.15, 0.2) is 0 Å². The molecule has 1 N–H and O–H groups in total. The Kier molecular flexibility index (Phi) is 3.38. The van der Waals surface area contributed by atoms with Crippen molar-refractivity contribution in [2.45, 2.75) is 0 Å². The van der Waals surface area contributed by atoms with Gasteiger partial charge < -0.3 is 14.6 Å². The van der Waals surface area contributed by atoms with Gasteiger partial charge in [0.1, 0.15) is 11.5 Å². The standard InChI is InChI=1S/C12H10N2O4/c1-17-8-3-2-4-9(7-8)18-10-5-6-13-11(14-10)12(15)16/h2-7H,1H3,(H,15,16). The lowest BCUT2D eigenvalue weighted by atomic mass is 10.3. The number of hydrogen-bond donors (Lipinski definition) is 1. The minimum absolute atomic E-state index is 0.163. The molecule has 0 aliphatic heterocycles. The lowest BCUT2D eigenvalue weighted by Gasteiger charge is -2.06. The molecule has 92 valence electrons. The van der Waals surface area contributed by atoms with Crippen molar-refractivity contribution in [1.82, 2.24) is 9.97 Å². The molecule has 18 heavy (non-hydrogen) atoms. The van der Waals surface area contributed by atoms with Crippen molar-refractivity contribution >= 4 is 5.97 Å². The van der Waals surface area contributed by atoms with Crippen LogP contribution in [0.2, 0.25) is 0 Å². The third-order valence-electron chi connectivity index (χ3n) is 2.08. The molecule has 2 aromatic rings. The van der Waals surface area contributed by atoms with Crippen molar-refractivity contribution in [1.29, 1.82) is 0 Å². The second-order valence-corrected chi connectivity index (χ2v) is 3.30. The van der Waals surface area contributed by atoms with E-state index in [9.17, 15) is 4.79 Å². The van der Waals surface area contributed by atoms with Crippen LogP contribution in [0.1, 0.15) is 10.6 Å². The maximum absolute atomic E-state index is 10.7. The zero-order valence-electron chi connectivity index (χ0n) is 9.53. The molecule has 0 fully saturated rings. The molecule has 0 radical (unpaired) electrons. The number of hydrogen-bond acceptors (Lipinski definition) is 5. The lowest BCUT2D eigenvalue weighted by Crippen LogP contribution is -2.04. The average Bonchev–Trinajstić information content (AvgIpc) is 2.39. The van der Waals surface area contributed by atoms with Crippen LogP contribution in [0.15, 0.2) is 36.5 Å². The molecular weight excluding hydrogens is 236 g/mol. The highest BCUT2D eigenvalue weighted by Gasteiger charge is 2.08. The first-order valence-corrected chi connectivity index (χ1v) is 5.07. The first-order valence-electron chi connectivity index (χ1n) is 5.07. The molecule has 6 heteroatoms. The highest BCUT2D eigenvalue weighted by Crippen LogP contribution is 2.23. The van der Waals surface area contributed by atoms with Gasteiger partial charge in [0.05, 0.1) is 7.11 Å². The first kappa shape index (κ1) is 11.8. The van der Waals surface area contributed by atoms with E-state index in [2.05, 4.69) is 9.97 Å². The number of nitrogens with zero attached hydrogens (tertiary/aromatic N) is 2. The molecule has 1 heterocycles. The summed E-state index contributed by atoms with van der Waals surface area (Å²) in [7, 11) is 1.55. The van der Waals surface area contributed by atoms with Gasteiger partial charge in [0.2, 0.25) is 11.7 Å². The molecule has 0 spiro atoms. The van der Waals surface area contributed by atoms with Gasteiger partial charge in [-0.3, -0.25) is 0 Å². The van der Waals surface area contributed by atoms with Gasteiger partial charge in [-0.15, -0.1) is 0 Å². The van der Waals surface area contributed by atoms with Crippen LogP contribution in [0, 0.1) is 0 Å². The predicted molar refractivity (Wildman–Crippen MR) is 62.1 cm³/mol. The Labute approximate surface area is 103 Å². The molecule has 0 aliphatic rings. The van der Waals surface area contributed by atoms with Gasteiger partial charge in [0, 0.05) is 18.3 Å². The SMILES string of the molecule is COc1cccc(Oc2ccnc(C(=O)O)n2)c1. The summed E-state index contributed by atoms with van der Waals surface area (Å²) in [5, 5.41) is 8.76. The molecule has 6 nitrogen and oxygen atoms in total. The fraction of sp³-hybridized carbons (Fsp3) is 0.0833. The van der Waals surface area contributed by atoms with E-state index in [1.54, 1.807) is 31.4 Å². The fourth-order valence-corrected chi connectivity index (χ4v) is 1.29. The highest BCUT2D eigenvalue weighted by molar-refractivity contribution is 5.83. The molecule has 1 aromatic carbocycles. The molecule has 0 atom stereocenters. The van der Waals surface area contributed by atoms with Gasteiger partial charge in [-0.1, -0.05) is 6.07 Å². The van der Waals surface area contributed by atoms with E-state index in [-0.39, 0.29) is 11.7 Å². The first-order chi connectivity index (χ1) is 8.69. The Morgan fingerprint density at radius 2 is 2.06 bits per heavy atom. The minimum atomic E-state index is -1.20. The van der Waals surface area contributed by atoms with Crippen LogP contribution >= 0.6 is 0 Å². The smallest absolute Gasteiger partial charge is 0.374 e. The van der Waals surface area contributed by atoms with E-state index in [1.807, 2.05) is 0 Å². The Morgan fingerprint density at radius 1 is 1.28 bits per heavy atom. The third-order valence-corrected chi connectivity index (χ3v) is 2.08. The fourth-order valence-electron chi connectivity index (χ4n) is 1.29. The summed E-state index contributed by atoms with van der Waals surface area (Å²) in [6.07, 6.45) is 1.33. The number of carbonyl (C=O) groups is 1. The van der Waals surface area contributed by atoms with E-state index in [0.29, 0.717) is 11.5 Å². The van der Waals surface area contributed by atoms with Crippen LogP contribution < -0.4 is 9.47 Å². The summed E-state index contributed by atoms with van der Waals surface area (Å²) < 4.78 is 10.5. The summed E-state index contributed by atoms with van der Waals surface area (Å²) >= 11 is 0. The molecular formula is C12H10N2O4. The van der Waals surface area contributed by atoms with Crippen LogP contribution in [0.4, 0.5) is 0 Å². The Morgan fingerprint density at radius 3 is 2.78 bits per heavy atom. The number of benzene rings is 1. The van der Waals surface area contributed by atoms with Crippen molar-refractivity contribution in [2.75, 3.05) is 7.11 Å². The van der Waals surface area contributed by atoms with Crippen LogP contribution in [0.25, 0.3) is 0 Å². The average molecular weight is 246 g/mol. The van der Waals surface area contributed by atoms with Crippen molar-refractivity contribution in [3.05, 3.63) is 42.4 Å². The van der Waals surface area contributed by atoms with E-state index >= 15 is 0 Å². The summed E-state index contributed by atoms with van der Waals surface area (Å²) in [5.41, 5.74) is 0.